The fourth-order valence-electron chi connectivity index (χ4n) is 3.59. The van der Waals surface area contributed by atoms with E-state index in [1.165, 1.54) is 7.11 Å². The first kappa shape index (κ1) is 17.3. The number of nitrogens with zero attached hydrogens (tertiary/aromatic N) is 4. The maximum absolute atomic E-state index is 12.7. The van der Waals surface area contributed by atoms with Gasteiger partial charge in [0.1, 0.15) is 5.75 Å². The molecule has 0 saturated carbocycles. The van der Waals surface area contributed by atoms with Gasteiger partial charge in [-0.2, -0.15) is 4.98 Å². The highest BCUT2D eigenvalue weighted by Crippen LogP contribution is 2.33. The van der Waals surface area contributed by atoms with Crippen molar-refractivity contribution in [3.8, 4) is 5.75 Å². The SMILES string of the molecule is COc1cc(Cl)ccc1C(=O)N1CC(c2noc(C3CCCN3C)n2)C1. The van der Waals surface area contributed by atoms with E-state index in [9.17, 15) is 4.79 Å². The van der Waals surface area contributed by atoms with Crippen molar-refractivity contribution in [3.63, 3.8) is 0 Å². The van der Waals surface area contributed by atoms with Gasteiger partial charge in [0.25, 0.3) is 5.91 Å². The van der Waals surface area contributed by atoms with Crippen LogP contribution in [-0.4, -0.2) is 59.6 Å². The van der Waals surface area contributed by atoms with Gasteiger partial charge in [-0.25, -0.2) is 0 Å². The summed E-state index contributed by atoms with van der Waals surface area (Å²) in [5, 5.41) is 4.67. The third kappa shape index (κ3) is 3.05. The van der Waals surface area contributed by atoms with Crippen LogP contribution in [0.5, 0.6) is 5.75 Å². The van der Waals surface area contributed by atoms with Crippen molar-refractivity contribution in [2.45, 2.75) is 24.8 Å². The van der Waals surface area contributed by atoms with Gasteiger partial charge in [-0.05, 0) is 44.6 Å². The summed E-state index contributed by atoms with van der Waals surface area (Å²) < 4.78 is 10.7. The Kier molecular flexibility index (Phi) is 4.58. The van der Waals surface area contributed by atoms with E-state index in [-0.39, 0.29) is 17.9 Å². The Morgan fingerprint density at radius 2 is 2.19 bits per heavy atom. The largest absolute Gasteiger partial charge is 0.496 e. The van der Waals surface area contributed by atoms with E-state index >= 15 is 0 Å². The monoisotopic (exact) mass is 376 g/mol. The minimum absolute atomic E-state index is 0.0750. The molecule has 3 heterocycles. The van der Waals surface area contributed by atoms with Crippen molar-refractivity contribution in [2.75, 3.05) is 33.8 Å². The van der Waals surface area contributed by atoms with E-state index in [4.69, 9.17) is 20.9 Å². The molecule has 2 fully saturated rings. The van der Waals surface area contributed by atoms with Crippen LogP contribution < -0.4 is 4.74 Å². The summed E-state index contributed by atoms with van der Waals surface area (Å²) in [6.45, 7) is 2.20. The number of carbonyl (C=O) groups excluding carboxylic acids is 1. The second-order valence-electron chi connectivity index (χ2n) is 6.88. The number of carbonyl (C=O) groups is 1. The second-order valence-corrected chi connectivity index (χ2v) is 7.32. The first-order valence-corrected chi connectivity index (χ1v) is 9.11. The van der Waals surface area contributed by atoms with E-state index in [1.54, 1.807) is 23.1 Å². The molecule has 0 spiro atoms. The minimum atomic E-state index is -0.0750. The Hall–Kier alpha value is -2.12. The fourth-order valence-corrected chi connectivity index (χ4v) is 3.75. The van der Waals surface area contributed by atoms with Crippen LogP contribution in [0.3, 0.4) is 0 Å². The molecule has 26 heavy (non-hydrogen) atoms. The third-order valence-electron chi connectivity index (χ3n) is 5.19. The van der Waals surface area contributed by atoms with Crippen LogP contribution in [0, 0.1) is 0 Å². The van der Waals surface area contributed by atoms with Crippen molar-refractivity contribution >= 4 is 17.5 Å². The molecule has 0 N–H and O–H groups in total. The van der Waals surface area contributed by atoms with E-state index in [0.29, 0.717) is 41.1 Å². The van der Waals surface area contributed by atoms with Crippen LogP contribution in [0.1, 0.15) is 46.9 Å². The van der Waals surface area contributed by atoms with Gasteiger partial charge in [-0.15, -0.1) is 0 Å². The Morgan fingerprint density at radius 3 is 2.88 bits per heavy atom. The van der Waals surface area contributed by atoms with Gasteiger partial charge in [0.2, 0.25) is 5.89 Å². The van der Waals surface area contributed by atoms with Gasteiger partial charge in [0.05, 0.1) is 24.6 Å². The number of ether oxygens (including phenoxy) is 1. The average Bonchev–Trinajstić information content (AvgIpc) is 3.22. The first-order valence-electron chi connectivity index (χ1n) is 8.73. The summed E-state index contributed by atoms with van der Waals surface area (Å²) in [6, 6.07) is 5.25. The summed E-state index contributed by atoms with van der Waals surface area (Å²) in [7, 11) is 3.60. The summed E-state index contributed by atoms with van der Waals surface area (Å²) in [5.74, 6) is 1.89. The molecular weight excluding hydrogens is 356 g/mol. The quantitative estimate of drug-likeness (QED) is 0.817. The van der Waals surface area contributed by atoms with Crippen LogP contribution in [0.4, 0.5) is 0 Å². The predicted molar refractivity (Wildman–Crippen MR) is 95.6 cm³/mol. The van der Waals surface area contributed by atoms with Crippen LogP contribution in [0.2, 0.25) is 5.02 Å². The van der Waals surface area contributed by atoms with Crippen molar-refractivity contribution in [3.05, 3.63) is 40.5 Å². The summed E-state index contributed by atoms with van der Waals surface area (Å²) >= 11 is 5.96. The number of likely N-dealkylation sites (tertiary alicyclic amines) is 2. The molecule has 1 atom stereocenters. The van der Waals surface area contributed by atoms with E-state index in [2.05, 4.69) is 22.1 Å². The van der Waals surface area contributed by atoms with Crippen molar-refractivity contribution < 1.29 is 14.1 Å². The zero-order valence-electron chi connectivity index (χ0n) is 14.8. The lowest BCUT2D eigenvalue weighted by atomic mass is 9.98. The van der Waals surface area contributed by atoms with Gasteiger partial charge in [-0.1, -0.05) is 16.8 Å². The number of amides is 1. The highest BCUT2D eigenvalue weighted by atomic mass is 35.5. The normalized spacial score (nSPS) is 21.0. The van der Waals surface area contributed by atoms with Gasteiger partial charge in [0.15, 0.2) is 5.82 Å². The molecular formula is C18H21ClN4O3. The molecule has 8 heteroatoms. The molecule has 1 aromatic heterocycles. The molecule has 0 aliphatic carbocycles. The molecule has 2 aromatic rings. The van der Waals surface area contributed by atoms with Gasteiger partial charge in [0, 0.05) is 18.1 Å². The van der Waals surface area contributed by atoms with Crippen molar-refractivity contribution in [1.29, 1.82) is 0 Å². The van der Waals surface area contributed by atoms with Crippen LogP contribution in [0.15, 0.2) is 22.7 Å². The Balaban J connectivity index is 1.41. The number of halogens is 1. The third-order valence-corrected chi connectivity index (χ3v) is 5.43. The van der Waals surface area contributed by atoms with Gasteiger partial charge < -0.3 is 14.2 Å². The Labute approximate surface area is 156 Å². The lowest BCUT2D eigenvalue weighted by Gasteiger charge is -2.37. The smallest absolute Gasteiger partial charge is 0.257 e. The lowest BCUT2D eigenvalue weighted by Crippen LogP contribution is -2.48. The summed E-state index contributed by atoms with van der Waals surface area (Å²) in [6.07, 6.45) is 2.19. The molecule has 1 aromatic carbocycles. The molecule has 0 bridgehead atoms. The van der Waals surface area contributed by atoms with E-state index in [0.717, 1.165) is 19.4 Å². The average molecular weight is 377 g/mol. The highest BCUT2D eigenvalue weighted by molar-refractivity contribution is 6.30. The molecule has 1 unspecified atom stereocenters. The fraction of sp³-hybridized carbons (Fsp3) is 0.500. The molecule has 138 valence electrons. The molecule has 2 aliphatic heterocycles. The molecule has 2 saturated heterocycles. The first-order chi connectivity index (χ1) is 12.6. The number of methoxy groups -OCH3 is 1. The molecule has 4 rings (SSSR count). The lowest BCUT2D eigenvalue weighted by molar-refractivity contribution is 0.0589. The van der Waals surface area contributed by atoms with E-state index in [1.807, 2.05) is 0 Å². The molecule has 2 aliphatic rings. The predicted octanol–water partition coefficient (Wildman–Crippen LogP) is 2.74. The second kappa shape index (κ2) is 6.89. The van der Waals surface area contributed by atoms with Gasteiger partial charge in [-0.3, -0.25) is 9.69 Å². The maximum Gasteiger partial charge on any atom is 0.257 e. The standard InChI is InChI=1S/C18H21ClN4O3/c1-22-7-3-4-14(22)17-20-16(21-26-17)11-9-23(10-11)18(24)13-6-5-12(19)8-15(13)25-2/h5-6,8,11,14H,3-4,7,9-10H2,1-2H3. The van der Waals surface area contributed by atoms with Crippen LogP contribution >= 0.6 is 11.6 Å². The maximum atomic E-state index is 12.7. The molecule has 1 amide bonds. The zero-order chi connectivity index (χ0) is 18.3. The number of rotatable bonds is 4. The van der Waals surface area contributed by atoms with Crippen molar-refractivity contribution in [2.24, 2.45) is 0 Å². The molecule has 7 nitrogen and oxygen atoms in total. The summed E-state index contributed by atoms with van der Waals surface area (Å²) in [4.78, 5) is 21.3. The molecule has 0 radical (unpaired) electrons. The van der Waals surface area contributed by atoms with Gasteiger partial charge >= 0.3 is 0 Å². The Bertz CT molecular complexity index is 819. The number of aromatic nitrogens is 2. The number of benzene rings is 1. The Morgan fingerprint density at radius 1 is 1.38 bits per heavy atom. The van der Waals surface area contributed by atoms with Crippen LogP contribution in [-0.2, 0) is 0 Å². The summed E-state index contributed by atoms with van der Waals surface area (Å²) in [5.41, 5.74) is 0.511. The number of hydrogen-bond acceptors (Lipinski definition) is 6. The van der Waals surface area contributed by atoms with Crippen molar-refractivity contribution in [1.82, 2.24) is 19.9 Å². The van der Waals surface area contributed by atoms with E-state index < -0.39 is 0 Å². The minimum Gasteiger partial charge on any atom is -0.496 e. The van der Waals surface area contributed by atoms with Crippen LogP contribution in [0.25, 0.3) is 0 Å². The zero-order valence-corrected chi connectivity index (χ0v) is 15.6. The number of hydrogen-bond donors (Lipinski definition) is 0. The topological polar surface area (TPSA) is 71.7 Å². The highest BCUT2D eigenvalue weighted by Gasteiger charge is 2.37.